The van der Waals surface area contributed by atoms with E-state index in [0.717, 1.165) is 6.07 Å². The quantitative estimate of drug-likeness (QED) is 0.723. The Kier molecular flexibility index (Phi) is 3.31. The van der Waals surface area contributed by atoms with E-state index >= 15 is 0 Å². The van der Waals surface area contributed by atoms with E-state index in [9.17, 15) is 13.2 Å². The van der Waals surface area contributed by atoms with Crippen LogP contribution in [-0.2, 0) is 6.42 Å². The normalized spacial score (nSPS) is 10.5. The highest BCUT2D eigenvalue weighted by Crippen LogP contribution is 2.15. The van der Waals surface area contributed by atoms with E-state index < -0.39 is 17.5 Å². The molecular formula is C9H9F3O. The third-order valence-electron chi connectivity index (χ3n) is 1.67. The third kappa shape index (κ3) is 2.45. The SMILES string of the molecule is OCCCc1cc(F)cc(F)c1F. The summed E-state index contributed by atoms with van der Waals surface area (Å²) in [6, 6.07) is 1.44. The average molecular weight is 190 g/mol. The van der Waals surface area contributed by atoms with Crippen molar-refractivity contribution < 1.29 is 18.3 Å². The molecule has 0 atom stereocenters. The van der Waals surface area contributed by atoms with E-state index in [4.69, 9.17) is 5.11 Å². The van der Waals surface area contributed by atoms with Crippen LogP contribution in [-0.4, -0.2) is 11.7 Å². The van der Waals surface area contributed by atoms with Crippen molar-refractivity contribution in [2.45, 2.75) is 12.8 Å². The Bertz CT molecular complexity index is 299. The van der Waals surface area contributed by atoms with Gasteiger partial charge in [0.05, 0.1) is 0 Å². The minimum Gasteiger partial charge on any atom is -0.396 e. The van der Waals surface area contributed by atoms with Gasteiger partial charge in [-0.05, 0) is 24.5 Å². The molecule has 0 amide bonds. The number of aryl methyl sites for hydroxylation is 1. The van der Waals surface area contributed by atoms with Crippen LogP contribution in [0.15, 0.2) is 12.1 Å². The zero-order valence-electron chi connectivity index (χ0n) is 6.86. The zero-order chi connectivity index (χ0) is 9.84. The van der Waals surface area contributed by atoms with Crippen LogP contribution in [0.2, 0.25) is 0 Å². The molecule has 1 aromatic rings. The average Bonchev–Trinajstić information content (AvgIpc) is 2.09. The summed E-state index contributed by atoms with van der Waals surface area (Å²) >= 11 is 0. The van der Waals surface area contributed by atoms with Gasteiger partial charge < -0.3 is 5.11 Å². The van der Waals surface area contributed by atoms with E-state index in [1.807, 2.05) is 0 Å². The van der Waals surface area contributed by atoms with Crippen LogP contribution in [0, 0.1) is 17.5 Å². The number of hydrogen-bond donors (Lipinski definition) is 1. The lowest BCUT2D eigenvalue weighted by Gasteiger charge is -2.02. The fourth-order valence-electron chi connectivity index (χ4n) is 1.06. The number of rotatable bonds is 3. The van der Waals surface area contributed by atoms with Crippen LogP contribution < -0.4 is 0 Å². The van der Waals surface area contributed by atoms with Gasteiger partial charge in [0, 0.05) is 12.7 Å². The molecule has 0 radical (unpaired) electrons. The van der Waals surface area contributed by atoms with Crippen LogP contribution in [0.3, 0.4) is 0 Å². The molecule has 1 nitrogen and oxygen atoms in total. The van der Waals surface area contributed by atoms with Crippen molar-refractivity contribution >= 4 is 0 Å². The van der Waals surface area contributed by atoms with Gasteiger partial charge in [-0.25, -0.2) is 13.2 Å². The highest BCUT2D eigenvalue weighted by Gasteiger charge is 2.09. The molecule has 0 aromatic heterocycles. The molecule has 0 unspecified atom stereocenters. The van der Waals surface area contributed by atoms with Crippen molar-refractivity contribution in [3.05, 3.63) is 35.1 Å². The van der Waals surface area contributed by atoms with Crippen LogP contribution in [0.5, 0.6) is 0 Å². The lowest BCUT2D eigenvalue weighted by atomic mass is 10.1. The molecule has 0 spiro atoms. The van der Waals surface area contributed by atoms with E-state index in [1.165, 1.54) is 0 Å². The molecule has 0 aliphatic heterocycles. The van der Waals surface area contributed by atoms with Crippen molar-refractivity contribution in [3.8, 4) is 0 Å². The monoisotopic (exact) mass is 190 g/mol. The standard InChI is InChI=1S/C9H9F3O/c10-7-4-6(2-1-3-13)9(12)8(11)5-7/h4-5,13H,1-3H2. The predicted octanol–water partition coefficient (Wildman–Crippen LogP) is 2.03. The molecule has 0 fully saturated rings. The fourth-order valence-corrected chi connectivity index (χ4v) is 1.06. The molecule has 1 N–H and O–H groups in total. The largest absolute Gasteiger partial charge is 0.396 e. The maximum Gasteiger partial charge on any atom is 0.162 e. The number of aliphatic hydroxyl groups is 1. The summed E-state index contributed by atoms with van der Waals surface area (Å²) < 4.78 is 38.0. The van der Waals surface area contributed by atoms with E-state index in [0.29, 0.717) is 12.5 Å². The smallest absolute Gasteiger partial charge is 0.162 e. The van der Waals surface area contributed by atoms with Crippen molar-refractivity contribution in [1.82, 2.24) is 0 Å². The van der Waals surface area contributed by atoms with Gasteiger partial charge in [0.1, 0.15) is 5.82 Å². The fraction of sp³-hybridized carbons (Fsp3) is 0.333. The summed E-state index contributed by atoms with van der Waals surface area (Å²) in [6.45, 7) is -0.127. The van der Waals surface area contributed by atoms with Gasteiger partial charge in [0.2, 0.25) is 0 Å². The van der Waals surface area contributed by atoms with Gasteiger partial charge in [0.15, 0.2) is 11.6 Å². The summed E-state index contributed by atoms with van der Waals surface area (Å²) in [7, 11) is 0. The van der Waals surface area contributed by atoms with Gasteiger partial charge in [-0.1, -0.05) is 0 Å². The third-order valence-corrected chi connectivity index (χ3v) is 1.67. The molecule has 13 heavy (non-hydrogen) atoms. The summed E-state index contributed by atoms with van der Waals surface area (Å²) in [5.41, 5.74) is -0.0356. The molecular weight excluding hydrogens is 181 g/mol. The molecule has 0 aliphatic rings. The van der Waals surface area contributed by atoms with E-state index in [2.05, 4.69) is 0 Å². The van der Waals surface area contributed by atoms with Gasteiger partial charge in [-0.15, -0.1) is 0 Å². The second kappa shape index (κ2) is 4.28. The Hall–Kier alpha value is -1.03. The van der Waals surface area contributed by atoms with Gasteiger partial charge in [-0.2, -0.15) is 0 Å². The van der Waals surface area contributed by atoms with Crippen molar-refractivity contribution in [2.75, 3.05) is 6.61 Å². The summed E-state index contributed by atoms with van der Waals surface area (Å²) in [5, 5.41) is 8.45. The number of hydrogen-bond acceptors (Lipinski definition) is 1. The lowest BCUT2D eigenvalue weighted by Crippen LogP contribution is -1.98. The Morgan fingerprint density at radius 1 is 1.15 bits per heavy atom. The van der Waals surface area contributed by atoms with Crippen LogP contribution >= 0.6 is 0 Å². The van der Waals surface area contributed by atoms with Crippen LogP contribution in [0.4, 0.5) is 13.2 Å². The van der Waals surface area contributed by atoms with Gasteiger partial charge in [0.25, 0.3) is 0 Å². The summed E-state index contributed by atoms with van der Waals surface area (Å²) in [5.74, 6) is -3.02. The van der Waals surface area contributed by atoms with Crippen molar-refractivity contribution in [2.24, 2.45) is 0 Å². The maximum absolute atomic E-state index is 12.9. The molecule has 1 aromatic carbocycles. The minimum atomic E-state index is -1.19. The van der Waals surface area contributed by atoms with Crippen molar-refractivity contribution in [3.63, 3.8) is 0 Å². The predicted molar refractivity (Wildman–Crippen MR) is 41.7 cm³/mol. The number of benzene rings is 1. The maximum atomic E-state index is 12.9. The number of halogens is 3. The second-order valence-corrected chi connectivity index (χ2v) is 2.69. The topological polar surface area (TPSA) is 20.2 Å². The van der Waals surface area contributed by atoms with E-state index in [-0.39, 0.29) is 18.6 Å². The molecule has 4 heteroatoms. The summed E-state index contributed by atoms with van der Waals surface area (Å²) in [4.78, 5) is 0. The van der Waals surface area contributed by atoms with Crippen LogP contribution in [0.1, 0.15) is 12.0 Å². The minimum absolute atomic E-state index is 0.0356. The Balaban J connectivity index is 2.92. The first kappa shape index (κ1) is 10.1. The zero-order valence-corrected chi connectivity index (χ0v) is 6.86. The Labute approximate surface area is 73.8 Å². The Morgan fingerprint density at radius 3 is 2.46 bits per heavy atom. The van der Waals surface area contributed by atoms with Crippen LogP contribution in [0.25, 0.3) is 0 Å². The van der Waals surface area contributed by atoms with Crippen molar-refractivity contribution in [1.29, 1.82) is 0 Å². The first-order valence-electron chi connectivity index (χ1n) is 3.89. The van der Waals surface area contributed by atoms with Gasteiger partial charge >= 0.3 is 0 Å². The first-order valence-corrected chi connectivity index (χ1v) is 3.89. The molecule has 1 rings (SSSR count). The molecule has 0 saturated heterocycles. The number of aliphatic hydroxyl groups excluding tert-OH is 1. The molecule has 0 aliphatic carbocycles. The second-order valence-electron chi connectivity index (χ2n) is 2.69. The molecule has 0 saturated carbocycles. The highest BCUT2D eigenvalue weighted by molar-refractivity contribution is 5.20. The molecule has 72 valence electrons. The van der Waals surface area contributed by atoms with E-state index in [1.54, 1.807) is 0 Å². The van der Waals surface area contributed by atoms with Gasteiger partial charge in [-0.3, -0.25) is 0 Å². The molecule has 0 bridgehead atoms. The molecule has 0 heterocycles. The lowest BCUT2D eigenvalue weighted by molar-refractivity contribution is 0.287. The highest BCUT2D eigenvalue weighted by atomic mass is 19.2. The summed E-state index contributed by atoms with van der Waals surface area (Å²) in [6.07, 6.45) is 0.427. The first-order chi connectivity index (χ1) is 6.15. The Morgan fingerprint density at radius 2 is 1.85 bits per heavy atom.